The molecule has 2 N–H and O–H groups in total. The van der Waals surface area contributed by atoms with E-state index in [4.69, 9.17) is 12.2 Å². The molecule has 23 heavy (non-hydrogen) atoms. The molecule has 0 radical (unpaired) electrons. The second-order valence-corrected chi connectivity index (χ2v) is 5.33. The average Bonchev–Trinajstić information content (AvgIpc) is 2.49. The highest BCUT2D eigenvalue weighted by atomic mass is 32.1. The third kappa shape index (κ3) is 4.66. The maximum absolute atomic E-state index is 13.7. The molecular formula is C16H14F4N2S. The summed E-state index contributed by atoms with van der Waals surface area (Å²) in [6.45, 7) is 1.84. The standard InChI is InChI=1S/C16H14F4N2S/c1-10(11-5-3-2-4-6-11)21-15(23)22-14-9-12(16(18,19)20)7-8-13(14)17/h2-10H,1H3,(H2,21,22,23). The zero-order valence-electron chi connectivity index (χ0n) is 12.1. The minimum absolute atomic E-state index is 0.0413. The quantitative estimate of drug-likeness (QED) is 0.613. The van der Waals surface area contributed by atoms with Crippen LogP contribution in [0.3, 0.4) is 0 Å². The minimum atomic E-state index is -4.55. The molecule has 0 spiro atoms. The predicted molar refractivity (Wildman–Crippen MR) is 85.6 cm³/mol. The van der Waals surface area contributed by atoms with Crippen LogP contribution in [-0.2, 0) is 6.18 Å². The summed E-state index contributed by atoms with van der Waals surface area (Å²) < 4.78 is 51.7. The Hall–Kier alpha value is -2.15. The van der Waals surface area contributed by atoms with Crippen molar-refractivity contribution in [2.75, 3.05) is 5.32 Å². The molecule has 2 nitrogen and oxygen atoms in total. The van der Waals surface area contributed by atoms with Gasteiger partial charge in [0.1, 0.15) is 5.82 Å². The summed E-state index contributed by atoms with van der Waals surface area (Å²) in [6, 6.07) is 11.3. The van der Waals surface area contributed by atoms with Crippen molar-refractivity contribution >= 4 is 23.0 Å². The summed E-state index contributed by atoms with van der Waals surface area (Å²) in [5.41, 5.74) is -0.320. The normalized spacial score (nSPS) is 12.6. The van der Waals surface area contributed by atoms with Crippen molar-refractivity contribution in [3.63, 3.8) is 0 Å². The first-order valence-corrected chi connectivity index (χ1v) is 7.17. The summed E-state index contributed by atoms with van der Waals surface area (Å²) in [5, 5.41) is 5.41. The van der Waals surface area contributed by atoms with E-state index in [-0.39, 0.29) is 16.8 Å². The van der Waals surface area contributed by atoms with Gasteiger partial charge in [-0.2, -0.15) is 13.2 Å². The molecule has 0 heterocycles. The third-order valence-corrected chi connectivity index (χ3v) is 3.41. The van der Waals surface area contributed by atoms with E-state index in [0.29, 0.717) is 12.1 Å². The summed E-state index contributed by atoms with van der Waals surface area (Å²) in [7, 11) is 0. The van der Waals surface area contributed by atoms with Crippen LogP contribution < -0.4 is 10.6 Å². The lowest BCUT2D eigenvalue weighted by atomic mass is 10.1. The fraction of sp³-hybridized carbons (Fsp3) is 0.188. The summed E-state index contributed by atoms with van der Waals surface area (Å²) in [6.07, 6.45) is -4.55. The lowest BCUT2D eigenvalue weighted by Crippen LogP contribution is -2.31. The number of rotatable bonds is 3. The molecule has 1 unspecified atom stereocenters. The average molecular weight is 342 g/mol. The summed E-state index contributed by atoms with van der Waals surface area (Å²) in [5.74, 6) is -0.811. The van der Waals surface area contributed by atoms with Gasteiger partial charge >= 0.3 is 6.18 Å². The highest BCUT2D eigenvalue weighted by Crippen LogP contribution is 2.31. The Morgan fingerprint density at radius 2 is 1.74 bits per heavy atom. The summed E-state index contributed by atoms with van der Waals surface area (Å²) >= 11 is 5.04. The van der Waals surface area contributed by atoms with Gasteiger partial charge in [-0.3, -0.25) is 0 Å². The Labute approximate surface area is 136 Å². The van der Waals surface area contributed by atoms with Crippen LogP contribution in [0.4, 0.5) is 23.2 Å². The van der Waals surface area contributed by atoms with Gasteiger partial charge in [0.2, 0.25) is 0 Å². The first-order chi connectivity index (χ1) is 10.8. The van der Waals surface area contributed by atoms with Crippen LogP contribution in [0.1, 0.15) is 24.1 Å². The number of hydrogen-bond donors (Lipinski definition) is 2. The van der Waals surface area contributed by atoms with Crippen LogP contribution >= 0.6 is 12.2 Å². The third-order valence-electron chi connectivity index (χ3n) is 3.19. The molecule has 0 aliphatic heterocycles. The first-order valence-electron chi connectivity index (χ1n) is 6.76. The molecule has 0 saturated carbocycles. The smallest absolute Gasteiger partial charge is 0.356 e. The van der Waals surface area contributed by atoms with E-state index in [1.54, 1.807) is 0 Å². The molecule has 0 aromatic heterocycles. The fourth-order valence-electron chi connectivity index (χ4n) is 1.98. The fourth-order valence-corrected chi connectivity index (χ4v) is 2.26. The van der Waals surface area contributed by atoms with Crippen molar-refractivity contribution in [1.29, 1.82) is 0 Å². The van der Waals surface area contributed by atoms with Crippen molar-refractivity contribution in [3.05, 3.63) is 65.5 Å². The van der Waals surface area contributed by atoms with Gasteiger partial charge in [0.15, 0.2) is 5.11 Å². The number of anilines is 1. The molecule has 122 valence electrons. The van der Waals surface area contributed by atoms with Crippen molar-refractivity contribution in [1.82, 2.24) is 5.32 Å². The van der Waals surface area contributed by atoms with Crippen LogP contribution in [0.25, 0.3) is 0 Å². The van der Waals surface area contributed by atoms with Crippen molar-refractivity contribution < 1.29 is 17.6 Å². The second-order valence-electron chi connectivity index (χ2n) is 4.92. The van der Waals surface area contributed by atoms with Crippen LogP contribution in [-0.4, -0.2) is 5.11 Å². The molecule has 2 aromatic carbocycles. The Morgan fingerprint density at radius 3 is 2.35 bits per heavy atom. The van der Waals surface area contributed by atoms with Gasteiger partial charge in [0.05, 0.1) is 17.3 Å². The number of benzene rings is 2. The van der Waals surface area contributed by atoms with Gasteiger partial charge < -0.3 is 10.6 Å². The largest absolute Gasteiger partial charge is 0.416 e. The Morgan fingerprint density at radius 1 is 1.09 bits per heavy atom. The highest BCUT2D eigenvalue weighted by Gasteiger charge is 2.31. The summed E-state index contributed by atoms with van der Waals surface area (Å²) in [4.78, 5) is 0. The predicted octanol–water partition coefficient (Wildman–Crippen LogP) is 4.89. The molecule has 0 aliphatic carbocycles. The van der Waals surface area contributed by atoms with Crippen LogP contribution in [0.2, 0.25) is 0 Å². The second kappa shape index (κ2) is 6.95. The van der Waals surface area contributed by atoms with Gasteiger partial charge in [0.25, 0.3) is 0 Å². The van der Waals surface area contributed by atoms with Crippen LogP contribution in [0.15, 0.2) is 48.5 Å². The molecule has 0 saturated heterocycles. The monoisotopic (exact) mass is 342 g/mol. The van der Waals surface area contributed by atoms with Gasteiger partial charge in [-0.05, 0) is 42.9 Å². The van der Waals surface area contributed by atoms with Crippen LogP contribution in [0.5, 0.6) is 0 Å². The van der Waals surface area contributed by atoms with E-state index in [2.05, 4.69) is 10.6 Å². The van der Waals surface area contributed by atoms with Crippen molar-refractivity contribution in [3.8, 4) is 0 Å². The molecule has 0 aliphatic rings. The van der Waals surface area contributed by atoms with Gasteiger partial charge in [-0.1, -0.05) is 30.3 Å². The van der Waals surface area contributed by atoms with E-state index < -0.39 is 17.6 Å². The van der Waals surface area contributed by atoms with E-state index in [0.717, 1.165) is 11.6 Å². The van der Waals surface area contributed by atoms with E-state index >= 15 is 0 Å². The maximum Gasteiger partial charge on any atom is 0.416 e. The van der Waals surface area contributed by atoms with Crippen molar-refractivity contribution in [2.45, 2.75) is 19.1 Å². The molecule has 2 rings (SSSR count). The topological polar surface area (TPSA) is 24.1 Å². The van der Waals surface area contributed by atoms with E-state index in [1.807, 2.05) is 37.3 Å². The van der Waals surface area contributed by atoms with Gasteiger partial charge in [-0.15, -0.1) is 0 Å². The number of hydrogen-bond acceptors (Lipinski definition) is 1. The zero-order chi connectivity index (χ0) is 17.0. The highest BCUT2D eigenvalue weighted by molar-refractivity contribution is 7.80. The SMILES string of the molecule is CC(NC(=S)Nc1cc(C(F)(F)F)ccc1F)c1ccccc1. The number of halogens is 4. The molecule has 0 fully saturated rings. The first kappa shape index (κ1) is 17.2. The lowest BCUT2D eigenvalue weighted by molar-refractivity contribution is -0.137. The molecular weight excluding hydrogens is 328 g/mol. The molecule has 1 atom stereocenters. The van der Waals surface area contributed by atoms with Crippen molar-refractivity contribution in [2.24, 2.45) is 0 Å². The van der Waals surface area contributed by atoms with Gasteiger partial charge in [0, 0.05) is 0 Å². The zero-order valence-corrected chi connectivity index (χ0v) is 12.9. The Balaban J connectivity index is 2.08. The molecule has 2 aromatic rings. The maximum atomic E-state index is 13.7. The van der Waals surface area contributed by atoms with Gasteiger partial charge in [-0.25, -0.2) is 4.39 Å². The number of thiocarbonyl (C=S) groups is 1. The van der Waals surface area contributed by atoms with Crippen LogP contribution in [0, 0.1) is 5.82 Å². The Bertz CT molecular complexity index is 686. The molecule has 7 heteroatoms. The number of alkyl halides is 3. The lowest BCUT2D eigenvalue weighted by Gasteiger charge is -2.18. The van der Waals surface area contributed by atoms with E-state index in [1.165, 1.54) is 0 Å². The minimum Gasteiger partial charge on any atom is -0.356 e. The van der Waals surface area contributed by atoms with E-state index in [9.17, 15) is 17.6 Å². The number of nitrogens with one attached hydrogen (secondary N) is 2. The molecule has 0 amide bonds. The molecule has 0 bridgehead atoms. The Kier molecular flexibility index (Phi) is 5.20.